The molecule has 3 heterocycles. The zero-order valence-corrected chi connectivity index (χ0v) is 23.5. The summed E-state index contributed by atoms with van der Waals surface area (Å²) in [6.07, 6.45) is 3.67. The number of urea groups is 1. The molecule has 10 heteroatoms. The van der Waals surface area contributed by atoms with Crippen molar-refractivity contribution in [2.45, 2.75) is 6.92 Å². The number of ether oxygens (including phenoxy) is 2. The van der Waals surface area contributed by atoms with Gasteiger partial charge in [-0.25, -0.2) is 9.78 Å². The molecule has 1 fully saturated rings. The molecule has 1 saturated heterocycles. The molecule has 1 unspecified atom stereocenters. The van der Waals surface area contributed by atoms with Crippen LogP contribution in [0.25, 0.3) is 33.3 Å². The molecule has 1 atom stereocenters. The Morgan fingerprint density at radius 2 is 1.93 bits per heavy atom. The highest BCUT2D eigenvalue weighted by atomic mass is 16.5. The van der Waals surface area contributed by atoms with Gasteiger partial charge in [-0.15, -0.1) is 0 Å². The summed E-state index contributed by atoms with van der Waals surface area (Å²) in [4.78, 5) is 37.8. The van der Waals surface area contributed by atoms with Crippen LogP contribution in [0.5, 0.6) is 5.75 Å². The molecule has 0 aliphatic carbocycles. The number of morpholine rings is 1. The van der Waals surface area contributed by atoms with Crippen molar-refractivity contribution in [3.8, 4) is 28.0 Å². The fraction of sp³-hybridized carbons (Fsp3) is 0.323. The van der Waals surface area contributed by atoms with E-state index in [0.717, 1.165) is 39.0 Å². The molecule has 0 bridgehead atoms. The van der Waals surface area contributed by atoms with Gasteiger partial charge in [0.05, 0.1) is 31.6 Å². The Balaban J connectivity index is 1.53. The summed E-state index contributed by atoms with van der Waals surface area (Å²) in [5.41, 5.74) is 5.01. The van der Waals surface area contributed by atoms with E-state index in [2.05, 4.69) is 15.3 Å². The monoisotopic (exact) mass is 557 g/mol. The van der Waals surface area contributed by atoms with Crippen molar-refractivity contribution in [2.24, 2.45) is 5.92 Å². The topological polar surface area (TPSA) is 120 Å². The van der Waals surface area contributed by atoms with Crippen molar-refractivity contribution in [3.63, 3.8) is 0 Å². The maximum atomic E-state index is 13.7. The van der Waals surface area contributed by atoms with Gasteiger partial charge in [0.25, 0.3) is 5.91 Å². The standard InChI is InChI=1S/C31H35N5O5/c1-20(19-37)18-35(2)30(38)25-14-21(8-9-27(25)34-31(39)36-10-12-41-13-11-36)22-15-24-26(17-33-29(24)32-16-22)23-6-4-5-7-28(23)40-3/h4-9,14-17,20,37H,10-13,18-19H2,1-3H3,(H,32,33)(H,34,39). The average molecular weight is 558 g/mol. The summed E-state index contributed by atoms with van der Waals surface area (Å²) < 4.78 is 10.9. The number of H-pyrrole nitrogens is 1. The van der Waals surface area contributed by atoms with Crippen LogP contribution in [0.3, 0.4) is 0 Å². The average Bonchev–Trinajstić information content (AvgIpc) is 3.44. The molecular formula is C31H35N5O5. The van der Waals surface area contributed by atoms with Crippen molar-refractivity contribution in [3.05, 3.63) is 66.5 Å². The molecule has 1 aliphatic rings. The molecule has 4 aromatic rings. The molecule has 3 amide bonds. The minimum Gasteiger partial charge on any atom is -0.496 e. The van der Waals surface area contributed by atoms with Crippen LogP contribution in [0.1, 0.15) is 17.3 Å². The lowest BCUT2D eigenvalue weighted by Gasteiger charge is -2.28. The zero-order chi connectivity index (χ0) is 28.9. The summed E-state index contributed by atoms with van der Waals surface area (Å²) >= 11 is 0. The molecule has 5 rings (SSSR count). The Kier molecular flexibility index (Phi) is 8.51. The van der Waals surface area contributed by atoms with Gasteiger partial charge in [0.1, 0.15) is 11.4 Å². The number of nitrogens with zero attached hydrogens (tertiary/aromatic N) is 3. The number of carbonyl (C=O) groups is 2. The second-order valence-electron chi connectivity index (χ2n) is 10.3. The molecule has 2 aromatic carbocycles. The maximum Gasteiger partial charge on any atom is 0.322 e. The second-order valence-corrected chi connectivity index (χ2v) is 10.3. The molecule has 10 nitrogen and oxygen atoms in total. The van der Waals surface area contributed by atoms with Gasteiger partial charge >= 0.3 is 6.03 Å². The van der Waals surface area contributed by atoms with Crippen LogP contribution in [0.4, 0.5) is 10.5 Å². The zero-order valence-electron chi connectivity index (χ0n) is 23.5. The predicted molar refractivity (Wildman–Crippen MR) is 158 cm³/mol. The van der Waals surface area contributed by atoms with E-state index in [-0.39, 0.29) is 24.5 Å². The fourth-order valence-electron chi connectivity index (χ4n) is 5.04. The molecule has 0 saturated carbocycles. The summed E-state index contributed by atoms with van der Waals surface area (Å²) in [6, 6.07) is 15.0. The molecule has 2 aromatic heterocycles. The lowest BCUT2D eigenvalue weighted by atomic mass is 9.99. The van der Waals surface area contributed by atoms with Crippen LogP contribution < -0.4 is 10.1 Å². The summed E-state index contributed by atoms with van der Waals surface area (Å²) in [5.74, 6) is 0.411. The Morgan fingerprint density at radius 3 is 2.68 bits per heavy atom. The van der Waals surface area contributed by atoms with Gasteiger partial charge in [0.15, 0.2) is 0 Å². The molecule has 3 N–H and O–H groups in total. The van der Waals surface area contributed by atoms with Gasteiger partial charge in [-0.1, -0.05) is 31.2 Å². The number of benzene rings is 2. The summed E-state index contributed by atoms with van der Waals surface area (Å²) in [7, 11) is 3.34. The number of methoxy groups -OCH3 is 1. The van der Waals surface area contributed by atoms with Crippen LogP contribution in [0, 0.1) is 5.92 Å². The Morgan fingerprint density at radius 1 is 1.15 bits per heavy atom. The molecule has 1 aliphatic heterocycles. The molecule has 0 spiro atoms. The van der Waals surface area contributed by atoms with Gasteiger partial charge in [-0.3, -0.25) is 4.79 Å². The number of fused-ring (bicyclic) bond motifs is 1. The van der Waals surface area contributed by atoms with Crippen LogP contribution in [-0.2, 0) is 4.74 Å². The summed E-state index contributed by atoms with van der Waals surface area (Å²) in [5, 5.41) is 13.4. The van der Waals surface area contributed by atoms with E-state index in [1.54, 1.807) is 42.3 Å². The first kappa shape index (κ1) is 28.1. The number of aliphatic hydroxyl groups is 1. The van der Waals surface area contributed by atoms with Crippen molar-refractivity contribution in [1.29, 1.82) is 0 Å². The summed E-state index contributed by atoms with van der Waals surface area (Å²) in [6.45, 7) is 4.13. The first-order valence-corrected chi connectivity index (χ1v) is 13.6. The van der Waals surface area contributed by atoms with E-state index in [9.17, 15) is 14.7 Å². The normalized spacial score (nSPS) is 14.1. The van der Waals surface area contributed by atoms with Gasteiger partial charge in [0.2, 0.25) is 0 Å². The van der Waals surface area contributed by atoms with Gasteiger partial charge in [-0.2, -0.15) is 0 Å². The number of amides is 3. The number of aromatic amines is 1. The number of carbonyl (C=O) groups excluding carboxylic acids is 2. The largest absolute Gasteiger partial charge is 0.496 e. The van der Waals surface area contributed by atoms with Crippen molar-refractivity contribution in [1.82, 2.24) is 19.8 Å². The van der Waals surface area contributed by atoms with Crippen molar-refractivity contribution < 1.29 is 24.2 Å². The van der Waals surface area contributed by atoms with E-state index in [1.165, 1.54) is 0 Å². The highest BCUT2D eigenvalue weighted by Crippen LogP contribution is 2.36. The quantitative estimate of drug-likeness (QED) is 0.294. The number of anilines is 1. The third kappa shape index (κ3) is 6.03. The van der Waals surface area contributed by atoms with Gasteiger partial charge < -0.3 is 34.7 Å². The Bertz CT molecular complexity index is 1550. The van der Waals surface area contributed by atoms with Crippen LogP contribution >= 0.6 is 0 Å². The fourth-order valence-corrected chi connectivity index (χ4v) is 5.04. The van der Waals surface area contributed by atoms with Crippen molar-refractivity contribution >= 4 is 28.7 Å². The van der Waals surface area contributed by atoms with Gasteiger partial charge in [-0.05, 0) is 35.7 Å². The molecular weight excluding hydrogens is 522 g/mol. The molecule has 41 heavy (non-hydrogen) atoms. The third-order valence-corrected chi connectivity index (χ3v) is 7.30. The number of pyridine rings is 1. The first-order chi connectivity index (χ1) is 19.9. The SMILES string of the molecule is COc1ccccc1-c1c[nH]c2ncc(-c3ccc(NC(=O)N4CCOCC4)c(C(=O)N(C)CC(C)CO)c3)cc12. The van der Waals surface area contributed by atoms with E-state index >= 15 is 0 Å². The minimum atomic E-state index is -0.279. The second kappa shape index (κ2) is 12.4. The number of hydrogen-bond acceptors (Lipinski definition) is 6. The highest BCUT2D eigenvalue weighted by molar-refractivity contribution is 6.05. The first-order valence-electron chi connectivity index (χ1n) is 13.6. The van der Waals surface area contributed by atoms with E-state index in [4.69, 9.17) is 9.47 Å². The predicted octanol–water partition coefficient (Wildman–Crippen LogP) is 4.47. The number of nitrogens with one attached hydrogen (secondary N) is 2. The smallest absolute Gasteiger partial charge is 0.322 e. The van der Waals surface area contributed by atoms with E-state index in [1.807, 2.05) is 49.5 Å². The van der Waals surface area contributed by atoms with E-state index < -0.39 is 0 Å². The van der Waals surface area contributed by atoms with E-state index in [0.29, 0.717) is 44.1 Å². The van der Waals surface area contributed by atoms with Crippen LogP contribution in [0.2, 0.25) is 0 Å². The molecule has 214 valence electrons. The lowest BCUT2D eigenvalue weighted by Crippen LogP contribution is -2.43. The number of aromatic nitrogens is 2. The van der Waals surface area contributed by atoms with Crippen LogP contribution in [-0.4, -0.2) is 90.4 Å². The maximum absolute atomic E-state index is 13.7. The minimum absolute atomic E-state index is 0.0326. The Labute approximate surface area is 238 Å². The van der Waals surface area contributed by atoms with Crippen LogP contribution in [0.15, 0.2) is 60.9 Å². The number of hydrogen-bond donors (Lipinski definition) is 3. The number of aliphatic hydroxyl groups excluding tert-OH is 1. The van der Waals surface area contributed by atoms with Gasteiger partial charge in [0, 0.05) is 67.8 Å². The number of rotatable bonds is 8. The van der Waals surface area contributed by atoms with Crippen molar-refractivity contribution in [2.75, 3.05) is 58.9 Å². The Hall–Kier alpha value is -4.41. The third-order valence-electron chi connectivity index (χ3n) is 7.30. The highest BCUT2D eigenvalue weighted by Gasteiger charge is 2.23. The lowest BCUT2D eigenvalue weighted by molar-refractivity contribution is 0.0564. The number of para-hydroxylation sites is 1. The molecule has 0 radical (unpaired) electrons.